The number of aromatic nitrogens is 3. The van der Waals surface area contributed by atoms with E-state index in [-0.39, 0.29) is 42.7 Å². The second-order valence-corrected chi connectivity index (χ2v) is 17.9. The third-order valence-electron chi connectivity index (χ3n) is 11.1. The van der Waals surface area contributed by atoms with Crippen molar-refractivity contribution in [3.63, 3.8) is 0 Å². The van der Waals surface area contributed by atoms with E-state index in [1.54, 1.807) is 6.33 Å². The molecule has 8 rings (SSSR count). The molecule has 53 heavy (non-hydrogen) atoms. The molecule has 0 saturated carbocycles. The first-order chi connectivity index (χ1) is 24.5. The molecule has 0 radical (unpaired) electrons. The van der Waals surface area contributed by atoms with Gasteiger partial charge in [0.25, 0.3) is 0 Å². The Balaban J connectivity index is 0.00000435. The zero-order valence-electron chi connectivity index (χ0n) is 32.4. The number of ether oxygens (including phenoxy) is 1. The van der Waals surface area contributed by atoms with Crippen LogP contribution in [0.2, 0.25) is 0 Å². The van der Waals surface area contributed by atoms with Crippen LogP contribution in [0.4, 0.5) is 0 Å². The third-order valence-corrected chi connectivity index (χ3v) is 11.1. The van der Waals surface area contributed by atoms with Gasteiger partial charge in [0.15, 0.2) is 0 Å². The molecule has 1 aliphatic rings. The van der Waals surface area contributed by atoms with Gasteiger partial charge in [0.05, 0.1) is 11.1 Å². The first kappa shape index (κ1) is 37.0. The van der Waals surface area contributed by atoms with Crippen LogP contribution >= 0.6 is 0 Å². The molecule has 0 atom stereocenters. The summed E-state index contributed by atoms with van der Waals surface area (Å²) < 4.78 is 13.4. The second kappa shape index (κ2) is 12.9. The van der Waals surface area contributed by atoms with E-state index < -0.39 is 0 Å². The van der Waals surface area contributed by atoms with Crippen LogP contribution < -0.4 is 4.74 Å². The first-order valence-corrected chi connectivity index (χ1v) is 18.4. The summed E-state index contributed by atoms with van der Waals surface area (Å²) in [4.78, 5) is 14.5. The Kier molecular flexibility index (Phi) is 9.01. The van der Waals surface area contributed by atoms with Gasteiger partial charge in [-0.3, -0.25) is 4.98 Å². The molecular formula is C47H47N3O2Pt. The van der Waals surface area contributed by atoms with Crippen molar-refractivity contribution >= 4 is 32.8 Å². The quantitative estimate of drug-likeness (QED) is 0.165. The fourth-order valence-electron chi connectivity index (χ4n) is 7.61. The largest absolute Gasteiger partial charge is 2.00 e. The molecule has 0 unspecified atom stereocenters. The van der Waals surface area contributed by atoms with Crippen LogP contribution in [0.25, 0.3) is 55.4 Å². The van der Waals surface area contributed by atoms with E-state index in [1.807, 2.05) is 30.5 Å². The Labute approximate surface area is 327 Å². The van der Waals surface area contributed by atoms with E-state index in [1.165, 1.54) is 16.7 Å². The van der Waals surface area contributed by atoms with Crippen LogP contribution in [0.15, 0.2) is 83.7 Å². The molecule has 1 aliphatic carbocycles. The van der Waals surface area contributed by atoms with Crippen LogP contribution in [-0.4, -0.2) is 15.0 Å². The fraction of sp³-hybridized carbons (Fsp3) is 0.340. The number of benzene rings is 4. The molecule has 0 aliphatic heterocycles. The standard InChI is InChI=1S/C47H47N3O2.Pt/c1-44(2,3)29-15-18-48-39(22-29)28-19-30(45(4,5)6)21-31(20-28)51-32-23-34-33-13-11-12-14-41(33)52-43(34)36(24-32)42-35-25-37-38(26-40(35)49-27-50-42)47(9,10)17-16-46(37,7)8;/h11-15,18-19,21-23,25-27H,16-17H2,1-10H3;/q-2;+2. The monoisotopic (exact) mass is 880 g/mol. The van der Waals surface area contributed by atoms with Crippen LogP contribution in [0.5, 0.6) is 11.5 Å². The number of rotatable bonds is 4. The summed E-state index contributed by atoms with van der Waals surface area (Å²) in [5.41, 5.74) is 10.7. The van der Waals surface area contributed by atoms with Crippen LogP contribution in [0.1, 0.15) is 104 Å². The number of furan rings is 1. The van der Waals surface area contributed by atoms with Gasteiger partial charge in [-0.1, -0.05) is 135 Å². The second-order valence-electron chi connectivity index (χ2n) is 17.9. The summed E-state index contributed by atoms with van der Waals surface area (Å²) in [6, 6.07) is 30.5. The maximum atomic E-state index is 6.80. The number of nitrogens with zero attached hydrogens (tertiary/aromatic N) is 3. The van der Waals surface area contributed by atoms with E-state index in [9.17, 15) is 0 Å². The van der Waals surface area contributed by atoms with E-state index >= 15 is 0 Å². The summed E-state index contributed by atoms with van der Waals surface area (Å²) in [7, 11) is 0. The summed E-state index contributed by atoms with van der Waals surface area (Å²) in [5, 5.41) is 2.93. The Morgan fingerprint density at radius 3 is 2.08 bits per heavy atom. The summed E-state index contributed by atoms with van der Waals surface area (Å²) in [6.07, 6.45) is 5.80. The smallest absolute Gasteiger partial charge is 0.501 e. The van der Waals surface area contributed by atoms with Gasteiger partial charge in [0, 0.05) is 28.8 Å². The third kappa shape index (κ3) is 6.71. The maximum Gasteiger partial charge on any atom is 2.00 e. The zero-order chi connectivity index (χ0) is 36.8. The average Bonchev–Trinajstić information content (AvgIpc) is 3.47. The Bertz CT molecular complexity index is 2530. The number of hydrogen-bond donors (Lipinski definition) is 0. The van der Waals surface area contributed by atoms with Crippen LogP contribution in [-0.2, 0) is 42.7 Å². The zero-order valence-corrected chi connectivity index (χ0v) is 34.7. The molecule has 0 saturated heterocycles. The molecule has 0 bridgehead atoms. The summed E-state index contributed by atoms with van der Waals surface area (Å²) in [5.74, 6) is 1.16. The van der Waals surface area contributed by atoms with Crippen molar-refractivity contribution < 1.29 is 30.2 Å². The van der Waals surface area contributed by atoms with E-state index in [2.05, 4.69) is 124 Å². The van der Waals surface area contributed by atoms with Crippen molar-refractivity contribution in [3.05, 3.63) is 114 Å². The van der Waals surface area contributed by atoms with Crippen molar-refractivity contribution in [3.8, 4) is 34.0 Å². The molecule has 3 heterocycles. The molecule has 6 heteroatoms. The first-order valence-electron chi connectivity index (χ1n) is 18.4. The number of hydrogen-bond acceptors (Lipinski definition) is 5. The van der Waals surface area contributed by atoms with Gasteiger partial charge >= 0.3 is 21.1 Å². The predicted octanol–water partition coefficient (Wildman–Crippen LogP) is 12.6. The molecule has 4 aromatic carbocycles. The summed E-state index contributed by atoms with van der Waals surface area (Å²) >= 11 is 0. The maximum absolute atomic E-state index is 6.80. The van der Waals surface area contributed by atoms with E-state index in [0.29, 0.717) is 11.5 Å². The molecule has 0 fully saturated rings. The molecule has 3 aromatic heterocycles. The van der Waals surface area contributed by atoms with Gasteiger partial charge in [0.1, 0.15) is 11.9 Å². The minimum absolute atomic E-state index is 0. The van der Waals surface area contributed by atoms with Gasteiger partial charge in [-0.2, -0.15) is 0 Å². The molecule has 0 spiro atoms. The molecule has 0 amide bonds. The van der Waals surface area contributed by atoms with Crippen LogP contribution in [0.3, 0.4) is 0 Å². The molecular weight excluding hydrogens is 834 g/mol. The van der Waals surface area contributed by atoms with Crippen molar-refractivity contribution in [2.45, 2.75) is 104 Å². The van der Waals surface area contributed by atoms with Gasteiger partial charge < -0.3 is 14.1 Å². The van der Waals surface area contributed by atoms with Gasteiger partial charge in [-0.15, -0.1) is 17.2 Å². The Morgan fingerprint density at radius 2 is 1.36 bits per heavy atom. The molecule has 272 valence electrons. The van der Waals surface area contributed by atoms with Crippen molar-refractivity contribution in [1.82, 2.24) is 15.0 Å². The minimum Gasteiger partial charge on any atom is -0.501 e. The number of fused-ring (bicyclic) bond motifs is 5. The predicted molar refractivity (Wildman–Crippen MR) is 212 cm³/mol. The average molecular weight is 881 g/mol. The van der Waals surface area contributed by atoms with Crippen molar-refractivity contribution in [1.29, 1.82) is 0 Å². The molecule has 0 N–H and O–H groups in total. The van der Waals surface area contributed by atoms with Crippen molar-refractivity contribution in [2.24, 2.45) is 0 Å². The SMILES string of the molecule is CC(C)(C)c1cc(Oc2[c-]c(-c3ncnc4cc5c(cc34)C(C)(C)CCC5(C)C)c3oc4ccccc4c3c2)[c-]c(-c2cc(C(C)(C)C)ccn2)c1.[Pt+2]. The number of para-hydroxylation sites is 1. The Hall–Kier alpha value is -4.34. The van der Waals surface area contributed by atoms with Gasteiger partial charge in [-0.05, 0) is 80.5 Å². The summed E-state index contributed by atoms with van der Waals surface area (Å²) in [6.45, 7) is 22.7. The van der Waals surface area contributed by atoms with E-state index in [0.717, 1.165) is 73.8 Å². The molecule has 7 aromatic rings. The van der Waals surface area contributed by atoms with Gasteiger partial charge in [0.2, 0.25) is 0 Å². The number of pyridine rings is 1. The van der Waals surface area contributed by atoms with Gasteiger partial charge in [-0.25, -0.2) is 4.98 Å². The molecule has 5 nitrogen and oxygen atoms in total. The normalized spacial score (nSPS) is 15.4. The van der Waals surface area contributed by atoms with Crippen molar-refractivity contribution in [2.75, 3.05) is 0 Å². The van der Waals surface area contributed by atoms with Crippen LogP contribution in [0, 0.1) is 12.1 Å². The topological polar surface area (TPSA) is 61.0 Å². The Morgan fingerprint density at radius 1 is 0.679 bits per heavy atom. The minimum atomic E-state index is -0.134. The fourth-order valence-corrected chi connectivity index (χ4v) is 7.61. The van der Waals surface area contributed by atoms with E-state index in [4.69, 9.17) is 24.1 Å².